The minimum absolute atomic E-state index is 0.0184. The molecule has 0 aromatic carbocycles. The van der Waals surface area contributed by atoms with E-state index in [2.05, 4.69) is 55.4 Å². The van der Waals surface area contributed by atoms with Crippen LogP contribution in [0.15, 0.2) is 0 Å². The number of fused-ring (bicyclic) bond motifs is 7. The van der Waals surface area contributed by atoms with Crippen LogP contribution in [-0.2, 0) is 0 Å². The van der Waals surface area contributed by atoms with Gasteiger partial charge in [0.05, 0.1) is 12.2 Å². The van der Waals surface area contributed by atoms with Crippen molar-refractivity contribution in [1.82, 2.24) is 0 Å². The first kappa shape index (κ1) is 23.7. The SMILES string of the molecule is CC1CCC2(C)CCC3(C)C(C(O)CC4C5(C)CCC(O)C(C)(C)C5CCC43C)C2C1C. The first-order chi connectivity index (χ1) is 14.7. The van der Waals surface area contributed by atoms with Crippen molar-refractivity contribution < 1.29 is 10.2 Å². The van der Waals surface area contributed by atoms with Crippen LogP contribution in [0.4, 0.5) is 0 Å². The molecular weight excluding hydrogens is 392 g/mol. The van der Waals surface area contributed by atoms with Crippen LogP contribution in [0.2, 0.25) is 0 Å². The molecule has 0 aromatic rings. The predicted molar refractivity (Wildman–Crippen MR) is 132 cm³/mol. The minimum atomic E-state index is -0.179. The zero-order valence-corrected chi connectivity index (χ0v) is 22.4. The zero-order chi connectivity index (χ0) is 23.5. The van der Waals surface area contributed by atoms with Crippen molar-refractivity contribution in [3.05, 3.63) is 0 Å². The molecule has 2 nitrogen and oxygen atoms in total. The molecule has 2 N–H and O–H groups in total. The minimum Gasteiger partial charge on any atom is -0.393 e. The Bertz CT molecular complexity index is 760. The molecule has 0 bridgehead atoms. The van der Waals surface area contributed by atoms with Gasteiger partial charge in [0.1, 0.15) is 0 Å². The molecule has 5 fully saturated rings. The molecule has 0 aromatic heterocycles. The maximum absolute atomic E-state index is 12.0. The first-order valence-corrected chi connectivity index (χ1v) is 14.1. The highest BCUT2D eigenvalue weighted by atomic mass is 16.3. The lowest BCUT2D eigenvalue weighted by Gasteiger charge is -2.74. The summed E-state index contributed by atoms with van der Waals surface area (Å²) < 4.78 is 0. The summed E-state index contributed by atoms with van der Waals surface area (Å²) in [7, 11) is 0. The maximum atomic E-state index is 12.0. The van der Waals surface area contributed by atoms with Crippen LogP contribution in [0.3, 0.4) is 0 Å². The van der Waals surface area contributed by atoms with E-state index in [1.165, 1.54) is 38.5 Å². The molecule has 0 spiro atoms. The van der Waals surface area contributed by atoms with Crippen molar-refractivity contribution in [2.24, 2.45) is 62.6 Å². The summed E-state index contributed by atoms with van der Waals surface area (Å²) in [4.78, 5) is 0. The van der Waals surface area contributed by atoms with Crippen molar-refractivity contribution in [3.8, 4) is 0 Å². The molecule has 12 atom stereocenters. The Balaban J connectivity index is 1.58. The lowest BCUT2D eigenvalue weighted by atomic mass is 9.31. The Labute approximate surface area is 198 Å². The molecule has 5 aliphatic rings. The molecule has 12 unspecified atom stereocenters. The Morgan fingerprint density at radius 3 is 2.03 bits per heavy atom. The summed E-state index contributed by atoms with van der Waals surface area (Å²) >= 11 is 0. The van der Waals surface area contributed by atoms with Gasteiger partial charge >= 0.3 is 0 Å². The third-order valence-electron chi connectivity index (χ3n) is 14.0. The van der Waals surface area contributed by atoms with Gasteiger partial charge in [-0.2, -0.15) is 0 Å². The summed E-state index contributed by atoms with van der Waals surface area (Å²) in [6.45, 7) is 20.0. The fourth-order valence-electron chi connectivity index (χ4n) is 11.6. The fourth-order valence-corrected chi connectivity index (χ4v) is 11.6. The van der Waals surface area contributed by atoms with Crippen LogP contribution >= 0.6 is 0 Å². The normalized spacial score (nSPS) is 61.7. The van der Waals surface area contributed by atoms with Crippen LogP contribution in [0.5, 0.6) is 0 Å². The quantitative estimate of drug-likeness (QED) is 0.419. The maximum Gasteiger partial charge on any atom is 0.0594 e. The highest BCUT2D eigenvalue weighted by Gasteiger charge is 2.71. The monoisotopic (exact) mass is 444 g/mol. The van der Waals surface area contributed by atoms with Gasteiger partial charge < -0.3 is 10.2 Å². The van der Waals surface area contributed by atoms with Crippen molar-refractivity contribution in [2.75, 3.05) is 0 Å². The molecule has 0 heterocycles. The van der Waals surface area contributed by atoms with E-state index in [0.717, 1.165) is 25.2 Å². The van der Waals surface area contributed by atoms with E-state index in [0.29, 0.717) is 40.4 Å². The third-order valence-corrected chi connectivity index (χ3v) is 14.0. The van der Waals surface area contributed by atoms with E-state index in [4.69, 9.17) is 0 Å². The van der Waals surface area contributed by atoms with E-state index in [1.807, 2.05) is 0 Å². The summed E-state index contributed by atoms with van der Waals surface area (Å²) in [5.74, 6) is 3.73. The van der Waals surface area contributed by atoms with Gasteiger partial charge in [0.15, 0.2) is 0 Å². The van der Waals surface area contributed by atoms with Crippen molar-refractivity contribution >= 4 is 0 Å². The number of hydrogen-bond acceptors (Lipinski definition) is 2. The summed E-state index contributed by atoms with van der Waals surface area (Å²) in [5.41, 5.74) is 1.14. The average molecular weight is 445 g/mol. The van der Waals surface area contributed by atoms with E-state index < -0.39 is 0 Å². The summed E-state index contributed by atoms with van der Waals surface area (Å²) in [6.07, 6.45) is 10.6. The Morgan fingerprint density at radius 2 is 1.34 bits per heavy atom. The molecule has 0 aliphatic heterocycles. The Kier molecular flexibility index (Phi) is 5.17. The number of aliphatic hydroxyl groups excluding tert-OH is 2. The van der Waals surface area contributed by atoms with Crippen LogP contribution in [0, 0.1) is 62.6 Å². The fraction of sp³-hybridized carbons (Fsp3) is 1.00. The highest BCUT2D eigenvalue weighted by Crippen LogP contribution is 2.76. The smallest absolute Gasteiger partial charge is 0.0594 e. The van der Waals surface area contributed by atoms with Gasteiger partial charge in [-0.3, -0.25) is 0 Å². The number of aliphatic hydroxyl groups is 2. The van der Waals surface area contributed by atoms with E-state index in [-0.39, 0.29) is 28.5 Å². The van der Waals surface area contributed by atoms with Gasteiger partial charge in [-0.25, -0.2) is 0 Å². The van der Waals surface area contributed by atoms with Crippen molar-refractivity contribution in [3.63, 3.8) is 0 Å². The molecule has 2 heteroatoms. The number of rotatable bonds is 0. The molecule has 0 saturated heterocycles. The average Bonchev–Trinajstić information content (AvgIpc) is 2.71. The molecule has 5 rings (SSSR count). The molecule has 0 amide bonds. The van der Waals surface area contributed by atoms with E-state index >= 15 is 0 Å². The van der Waals surface area contributed by atoms with Crippen LogP contribution < -0.4 is 0 Å². The summed E-state index contributed by atoms with van der Waals surface area (Å²) in [5, 5.41) is 22.9. The van der Waals surface area contributed by atoms with Crippen LogP contribution in [-0.4, -0.2) is 22.4 Å². The lowest BCUT2D eigenvalue weighted by molar-refractivity contribution is -0.280. The largest absolute Gasteiger partial charge is 0.393 e. The topological polar surface area (TPSA) is 40.5 Å². The number of hydrogen-bond donors (Lipinski definition) is 2. The Morgan fingerprint density at radius 1 is 0.656 bits per heavy atom. The Hall–Kier alpha value is -0.0800. The highest BCUT2D eigenvalue weighted by molar-refractivity contribution is 5.20. The van der Waals surface area contributed by atoms with Gasteiger partial charge in [0.2, 0.25) is 0 Å². The van der Waals surface area contributed by atoms with Gasteiger partial charge in [-0.05, 0) is 120 Å². The molecule has 0 radical (unpaired) electrons. The van der Waals surface area contributed by atoms with Crippen LogP contribution in [0.1, 0.15) is 113 Å². The summed E-state index contributed by atoms with van der Waals surface area (Å²) in [6, 6.07) is 0. The first-order valence-electron chi connectivity index (χ1n) is 14.1. The van der Waals surface area contributed by atoms with Gasteiger partial charge in [-0.1, -0.05) is 55.4 Å². The van der Waals surface area contributed by atoms with Crippen molar-refractivity contribution in [1.29, 1.82) is 0 Å². The van der Waals surface area contributed by atoms with E-state index in [9.17, 15) is 10.2 Å². The second kappa shape index (κ2) is 6.99. The molecular formula is C30H52O2. The second-order valence-corrected chi connectivity index (χ2v) is 15.2. The van der Waals surface area contributed by atoms with Gasteiger partial charge in [-0.15, -0.1) is 0 Å². The van der Waals surface area contributed by atoms with Crippen LogP contribution in [0.25, 0.3) is 0 Å². The predicted octanol–water partition coefficient (Wildman–Crippen LogP) is 7.08. The standard InChI is InChI=1S/C30H52O2/c1-18-9-12-27(5)15-16-30(8)25(24(27)19(18)2)20(31)17-22-28(6)13-11-23(32)26(3,4)21(28)10-14-29(22,30)7/h18-25,31-32H,9-17H2,1-8H3. The zero-order valence-electron chi connectivity index (χ0n) is 22.4. The molecule has 5 aliphatic carbocycles. The molecule has 184 valence electrons. The third kappa shape index (κ3) is 2.72. The van der Waals surface area contributed by atoms with E-state index in [1.54, 1.807) is 0 Å². The lowest BCUT2D eigenvalue weighted by Crippen LogP contribution is -2.70. The van der Waals surface area contributed by atoms with Gasteiger partial charge in [0.25, 0.3) is 0 Å². The van der Waals surface area contributed by atoms with Crippen molar-refractivity contribution in [2.45, 2.75) is 125 Å². The molecule has 5 saturated carbocycles. The van der Waals surface area contributed by atoms with Gasteiger partial charge in [0, 0.05) is 0 Å². The second-order valence-electron chi connectivity index (χ2n) is 15.2. The molecule has 32 heavy (non-hydrogen) atoms.